The molecule has 0 spiro atoms. The van der Waals surface area contributed by atoms with Gasteiger partial charge in [-0.3, -0.25) is 9.78 Å². The van der Waals surface area contributed by atoms with Crippen LogP contribution in [0.3, 0.4) is 0 Å². The van der Waals surface area contributed by atoms with E-state index in [1.165, 1.54) is 0 Å². The van der Waals surface area contributed by atoms with Crippen molar-refractivity contribution in [2.24, 2.45) is 5.73 Å². The summed E-state index contributed by atoms with van der Waals surface area (Å²) in [5.74, 6) is -0.213. The van der Waals surface area contributed by atoms with Gasteiger partial charge in [-0.2, -0.15) is 0 Å². The van der Waals surface area contributed by atoms with Crippen molar-refractivity contribution in [1.29, 1.82) is 0 Å². The summed E-state index contributed by atoms with van der Waals surface area (Å²) in [4.78, 5) is 16.3. The van der Waals surface area contributed by atoms with Crippen molar-refractivity contribution in [3.05, 3.63) is 42.1 Å². The number of fused-ring (bicyclic) bond motifs is 1. The first-order valence-electron chi connectivity index (χ1n) is 6.15. The second kappa shape index (κ2) is 5.77. The third-order valence-corrected chi connectivity index (χ3v) is 3.01. The zero-order valence-corrected chi connectivity index (χ0v) is 10.7. The van der Waals surface area contributed by atoms with Crippen LogP contribution in [0.1, 0.15) is 17.3 Å². The van der Waals surface area contributed by atoms with Gasteiger partial charge in [0.2, 0.25) is 0 Å². The zero-order chi connectivity index (χ0) is 13.8. The van der Waals surface area contributed by atoms with Gasteiger partial charge in [0, 0.05) is 29.7 Å². The third kappa shape index (κ3) is 3.07. The number of hydrogen-bond acceptors (Lipinski definition) is 4. The van der Waals surface area contributed by atoms with Crippen molar-refractivity contribution in [2.75, 3.05) is 6.54 Å². The molecule has 5 nitrogen and oxygen atoms in total. The van der Waals surface area contributed by atoms with Crippen LogP contribution in [0.2, 0.25) is 0 Å². The van der Waals surface area contributed by atoms with E-state index in [4.69, 9.17) is 5.73 Å². The molecule has 1 aromatic carbocycles. The lowest BCUT2D eigenvalue weighted by atomic mass is 10.1. The topological polar surface area (TPSA) is 88.2 Å². The van der Waals surface area contributed by atoms with E-state index in [1.54, 1.807) is 31.3 Å². The number of carbonyl (C=O) groups is 1. The molecular weight excluding hydrogens is 242 g/mol. The van der Waals surface area contributed by atoms with Crippen molar-refractivity contribution >= 4 is 16.8 Å². The Kier molecular flexibility index (Phi) is 4.09. The first-order valence-corrected chi connectivity index (χ1v) is 6.15. The maximum atomic E-state index is 12.1. The van der Waals surface area contributed by atoms with Crippen LogP contribution in [0.15, 0.2) is 36.5 Å². The predicted molar refractivity (Wildman–Crippen MR) is 73.7 cm³/mol. The number of rotatable bonds is 4. The third-order valence-electron chi connectivity index (χ3n) is 3.01. The molecule has 100 valence electrons. The van der Waals surface area contributed by atoms with Gasteiger partial charge in [-0.05, 0) is 25.1 Å². The highest BCUT2D eigenvalue weighted by Crippen LogP contribution is 2.16. The van der Waals surface area contributed by atoms with Crippen LogP contribution in [-0.4, -0.2) is 34.7 Å². The summed E-state index contributed by atoms with van der Waals surface area (Å²) in [5, 5.41) is 12.8. The number of carbonyl (C=O) groups excluding carboxylic acids is 1. The molecule has 2 atom stereocenters. The number of aliphatic hydroxyl groups is 1. The zero-order valence-electron chi connectivity index (χ0n) is 10.7. The fourth-order valence-electron chi connectivity index (χ4n) is 1.78. The fraction of sp³-hybridized carbons (Fsp3) is 0.286. The molecule has 19 heavy (non-hydrogen) atoms. The lowest BCUT2D eigenvalue weighted by molar-refractivity contribution is 0.0939. The van der Waals surface area contributed by atoms with E-state index in [-0.39, 0.29) is 12.5 Å². The highest BCUT2D eigenvalue weighted by atomic mass is 16.3. The molecule has 1 amide bonds. The Morgan fingerprint density at radius 2 is 2.21 bits per heavy atom. The molecule has 0 saturated carbocycles. The highest BCUT2D eigenvalue weighted by molar-refractivity contribution is 6.06. The number of nitrogens with one attached hydrogen (secondary N) is 1. The molecule has 0 aliphatic carbocycles. The number of nitrogens with two attached hydrogens (primary N) is 1. The number of amides is 1. The average Bonchev–Trinajstić information content (AvgIpc) is 2.43. The number of aromatic nitrogens is 1. The van der Waals surface area contributed by atoms with Gasteiger partial charge >= 0.3 is 0 Å². The fourth-order valence-corrected chi connectivity index (χ4v) is 1.78. The van der Waals surface area contributed by atoms with Crippen LogP contribution in [0.25, 0.3) is 10.9 Å². The summed E-state index contributed by atoms with van der Waals surface area (Å²) in [6.07, 6.45) is 1.03. The number of hydrogen-bond donors (Lipinski definition) is 3. The Hall–Kier alpha value is -1.98. The number of nitrogens with zero attached hydrogens (tertiary/aromatic N) is 1. The Balaban J connectivity index is 2.18. The molecule has 5 heteroatoms. The van der Waals surface area contributed by atoms with Crippen molar-refractivity contribution in [2.45, 2.75) is 19.1 Å². The van der Waals surface area contributed by atoms with Gasteiger partial charge in [-0.15, -0.1) is 0 Å². The van der Waals surface area contributed by atoms with Gasteiger partial charge < -0.3 is 16.2 Å². The molecule has 0 aliphatic heterocycles. The number of aliphatic hydroxyl groups excluding tert-OH is 1. The molecule has 0 aliphatic rings. The summed E-state index contributed by atoms with van der Waals surface area (Å²) in [6.45, 7) is 1.83. The van der Waals surface area contributed by atoms with E-state index < -0.39 is 12.1 Å². The first-order chi connectivity index (χ1) is 9.09. The van der Waals surface area contributed by atoms with Crippen LogP contribution in [0, 0.1) is 0 Å². The van der Waals surface area contributed by atoms with Crippen molar-refractivity contribution < 1.29 is 9.90 Å². The molecular formula is C14H17N3O2. The second-order valence-electron chi connectivity index (χ2n) is 4.49. The number of pyridine rings is 1. The summed E-state index contributed by atoms with van der Waals surface area (Å²) in [5.41, 5.74) is 7.01. The van der Waals surface area contributed by atoms with Gasteiger partial charge in [0.05, 0.1) is 11.6 Å². The van der Waals surface area contributed by atoms with Crippen LogP contribution in [0.4, 0.5) is 0 Å². The molecule has 4 N–H and O–H groups in total. The average molecular weight is 259 g/mol. The van der Waals surface area contributed by atoms with Crippen LogP contribution >= 0.6 is 0 Å². The smallest absolute Gasteiger partial charge is 0.252 e. The molecule has 0 bridgehead atoms. The highest BCUT2D eigenvalue weighted by Gasteiger charge is 2.13. The summed E-state index contributed by atoms with van der Waals surface area (Å²) in [6, 6.07) is 8.56. The molecule has 0 radical (unpaired) electrons. The minimum atomic E-state index is -0.658. The maximum Gasteiger partial charge on any atom is 0.252 e. The van der Waals surface area contributed by atoms with Crippen molar-refractivity contribution in [3.8, 4) is 0 Å². The van der Waals surface area contributed by atoms with Crippen LogP contribution in [-0.2, 0) is 0 Å². The van der Waals surface area contributed by atoms with Crippen molar-refractivity contribution in [3.63, 3.8) is 0 Å². The molecule has 1 heterocycles. The van der Waals surface area contributed by atoms with E-state index in [0.717, 1.165) is 10.9 Å². The van der Waals surface area contributed by atoms with E-state index in [0.29, 0.717) is 5.56 Å². The second-order valence-corrected chi connectivity index (χ2v) is 4.49. The summed E-state index contributed by atoms with van der Waals surface area (Å²) >= 11 is 0. The standard InChI is InChI=1S/C14H17N3O2/c1-9(18)12(15)8-17-14(19)11-4-2-6-13-10(11)5-3-7-16-13/h2-7,9,12,18H,8,15H2,1H3,(H,17,19). The number of benzene rings is 1. The monoisotopic (exact) mass is 259 g/mol. The molecule has 0 saturated heterocycles. The Bertz CT molecular complexity index is 578. The van der Waals surface area contributed by atoms with E-state index in [1.807, 2.05) is 12.1 Å². The Morgan fingerprint density at radius 1 is 1.42 bits per heavy atom. The van der Waals surface area contributed by atoms with Gasteiger partial charge in [-0.1, -0.05) is 12.1 Å². The molecule has 2 rings (SSSR count). The maximum absolute atomic E-state index is 12.1. The van der Waals surface area contributed by atoms with E-state index in [2.05, 4.69) is 10.3 Å². The predicted octanol–water partition coefficient (Wildman–Crippen LogP) is 0.673. The summed E-state index contributed by atoms with van der Waals surface area (Å²) < 4.78 is 0. The lowest BCUT2D eigenvalue weighted by Crippen LogP contribution is -2.43. The SMILES string of the molecule is CC(O)C(N)CNC(=O)c1cccc2ncccc12. The van der Waals surface area contributed by atoms with Gasteiger partial charge in [0.1, 0.15) is 0 Å². The minimum Gasteiger partial charge on any atom is -0.392 e. The minimum absolute atomic E-state index is 0.213. The van der Waals surface area contributed by atoms with E-state index in [9.17, 15) is 9.90 Å². The Labute approximate surface area is 111 Å². The quantitative estimate of drug-likeness (QED) is 0.753. The van der Waals surface area contributed by atoms with Gasteiger partial charge in [-0.25, -0.2) is 0 Å². The van der Waals surface area contributed by atoms with Gasteiger partial charge in [0.25, 0.3) is 5.91 Å². The van der Waals surface area contributed by atoms with Crippen molar-refractivity contribution in [1.82, 2.24) is 10.3 Å². The van der Waals surface area contributed by atoms with E-state index >= 15 is 0 Å². The van der Waals surface area contributed by atoms with Gasteiger partial charge in [0.15, 0.2) is 0 Å². The summed E-state index contributed by atoms with van der Waals surface area (Å²) in [7, 11) is 0. The molecule has 2 aromatic rings. The molecule has 0 fully saturated rings. The van der Waals surface area contributed by atoms with Crippen LogP contribution < -0.4 is 11.1 Å². The van der Waals surface area contributed by atoms with Crippen LogP contribution in [0.5, 0.6) is 0 Å². The molecule has 1 aromatic heterocycles. The Morgan fingerprint density at radius 3 is 2.95 bits per heavy atom. The largest absolute Gasteiger partial charge is 0.392 e. The molecule has 2 unspecified atom stereocenters. The normalized spacial score (nSPS) is 14.1. The first kappa shape index (κ1) is 13.5. The lowest BCUT2D eigenvalue weighted by Gasteiger charge is -2.15.